The van der Waals surface area contributed by atoms with Crippen molar-refractivity contribution in [1.82, 2.24) is 10.6 Å². The molecule has 2 aromatic carbocycles. The molecule has 0 saturated heterocycles. The normalized spacial score (nSPS) is 10.4. The Morgan fingerprint density at radius 3 is 2.72 bits per heavy atom. The molecule has 0 unspecified atom stereocenters. The van der Waals surface area contributed by atoms with E-state index in [0.29, 0.717) is 36.9 Å². The van der Waals surface area contributed by atoms with Crippen molar-refractivity contribution in [3.63, 3.8) is 0 Å². The first-order valence-corrected chi connectivity index (χ1v) is 9.37. The van der Waals surface area contributed by atoms with Gasteiger partial charge in [-0.05, 0) is 43.5 Å². The number of nitrogens with one attached hydrogen (secondary N) is 2. The molecule has 134 valence electrons. The Hall–Kier alpha value is -1.72. The molecule has 2 N–H and O–H groups in total. The largest absolute Gasteiger partial charge is 0.492 e. The zero-order chi connectivity index (χ0) is 18.1. The van der Waals surface area contributed by atoms with E-state index >= 15 is 0 Å². The second kappa shape index (κ2) is 10.3. The van der Waals surface area contributed by atoms with Crippen molar-refractivity contribution in [1.29, 1.82) is 0 Å². The predicted molar refractivity (Wildman–Crippen MR) is 106 cm³/mol. The lowest BCUT2D eigenvalue weighted by atomic mass is 10.1. The van der Waals surface area contributed by atoms with Gasteiger partial charge < -0.3 is 15.4 Å². The summed E-state index contributed by atoms with van der Waals surface area (Å²) in [6, 6.07) is 13.6. The zero-order valence-corrected chi connectivity index (χ0v) is 16.5. The summed E-state index contributed by atoms with van der Waals surface area (Å²) in [4.78, 5) is 11.7. The molecule has 0 aliphatic carbocycles. The van der Waals surface area contributed by atoms with Gasteiger partial charge in [-0.1, -0.05) is 57.4 Å². The predicted octanol–water partition coefficient (Wildman–Crippen LogP) is 4.72. The summed E-state index contributed by atoms with van der Waals surface area (Å²) < 4.78 is 6.51. The number of aryl methyl sites for hydroxylation is 1. The first-order chi connectivity index (χ1) is 12.0. The van der Waals surface area contributed by atoms with Crippen LogP contribution in [0, 0.1) is 6.92 Å². The first kappa shape index (κ1) is 19.6. The molecule has 0 heterocycles. The Morgan fingerprint density at radius 1 is 1.16 bits per heavy atom. The molecule has 4 nitrogen and oxygen atoms in total. The highest BCUT2D eigenvalue weighted by Gasteiger charge is 2.03. The molecule has 0 aromatic heterocycles. The molecular formula is C19H22BrClN2O2. The van der Waals surface area contributed by atoms with Crippen molar-refractivity contribution in [2.75, 3.05) is 19.7 Å². The number of carbonyl (C=O) groups excluding carboxylic acids is 1. The fourth-order valence-electron chi connectivity index (χ4n) is 2.30. The maximum Gasteiger partial charge on any atom is 0.314 e. The molecule has 2 amide bonds. The van der Waals surface area contributed by atoms with Crippen LogP contribution in [-0.4, -0.2) is 25.7 Å². The summed E-state index contributed by atoms with van der Waals surface area (Å²) in [6.07, 6.45) is 1.53. The minimum atomic E-state index is -0.158. The summed E-state index contributed by atoms with van der Waals surface area (Å²) in [5.41, 5.74) is 2.45. The quantitative estimate of drug-likeness (QED) is 0.601. The molecule has 0 aliphatic rings. The zero-order valence-electron chi connectivity index (χ0n) is 14.1. The van der Waals surface area contributed by atoms with E-state index < -0.39 is 0 Å². The number of urea groups is 1. The van der Waals surface area contributed by atoms with Crippen LogP contribution in [0.25, 0.3) is 0 Å². The van der Waals surface area contributed by atoms with E-state index in [9.17, 15) is 4.79 Å². The monoisotopic (exact) mass is 424 g/mol. The lowest BCUT2D eigenvalue weighted by Crippen LogP contribution is -2.37. The SMILES string of the molecule is Cc1cccc(CCNC(=O)NCCCOc2ccc(Br)cc2Cl)c1. The van der Waals surface area contributed by atoms with Gasteiger partial charge in [-0.2, -0.15) is 0 Å². The molecule has 6 heteroatoms. The number of halogens is 2. The maximum atomic E-state index is 11.7. The van der Waals surface area contributed by atoms with Crippen LogP contribution in [0.3, 0.4) is 0 Å². The number of carbonyl (C=O) groups is 1. The fraction of sp³-hybridized carbons (Fsp3) is 0.316. The number of amides is 2. The summed E-state index contributed by atoms with van der Waals surface area (Å²) >= 11 is 9.43. The number of rotatable bonds is 8. The summed E-state index contributed by atoms with van der Waals surface area (Å²) in [5.74, 6) is 0.646. The van der Waals surface area contributed by atoms with Crippen LogP contribution in [0.15, 0.2) is 46.9 Å². The minimum Gasteiger partial charge on any atom is -0.492 e. The Morgan fingerprint density at radius 2 is 1.96 bits per heavy atom. The van der Waals surface area contributed by atoms with E-state index in [2.05, 4.69) is 51.7 Å². The third-order valence-corrected chi connectivity index (χ3v) is 4.33. The molecular weight excluding hydrogens is 404 g/mol. The average Bonchev–Trinajstić information content (AvgIpc) is 2.56. The second-order valence-corrected chi connectivity index (χ2v) is 7.02. The van der Waals surface area contributed by atoms with Gasteiger partial charge in [-0.25, -0.2) is 4.79 Å². The summed E-state index contributed by atoms with van der Waals surface area (Å²) in [5, 5.41) is 6.24. The van der Waals surface area contributed by atoms with Gasteiger partial charge in [0.1, 0.15) is 5.75 Å². The van der Waals surface area contributed by atoms with Crippen LogP contribution < -0.4 is 15.4 Å². The smallest absolute Gasteiger partial charge is 0.314 e. The third kappa shape index (κ3) is 7.36. The topological polar surface area (TPSA) is 50.4 Å². The van der Waals surface area contributed by atoms with E-state index in [1.807, 2.05) is 18.2 Å². The second-order valence-electron chi connectivity index (χ2n) is 5.70. The van der Waals surface area contributed by atoms with Gasteiger partial charge in [0.2, 0.25) is 0 Å². The Bertz CT molecular complexity index is 710. The van der Waals surface area contributed by atoms with Crippen LogP contribution >= 0.6 is 27.5 Å². The van der Waals surface area contributed by atoms with Gasteiger partial charge in [0, 0.05) is 17.6 Å². The van der Waals surface area contributed by atoms with Crippen LogP contribution in [0.2, 0.25) is 5.02 Å². The van der Waals surface area contributed by atoms with E-state index in [0.717, 1.165) is 10.9 Å². The Kier molecular flexibility index (Phi) is 8.09. The molecule has 0 saturated carbocycles. The van der Waals surface area contributed by atoms with Crippen molar-refractivity contribution < 1.29 is 9.53 Å². The van der Waals surface area contributed by atoms with Crippen LogP contribution in [-0.2, 0) is 6.42 Å². The highest BCUT2D eigenvalue weighted by molar-refractivity contribution is 9.10. The lowest BCUT2D eigenvalue weighted by molar-refractivity contribution is 0.239. The molecule has 0 radical (unpaired) electrons. The summed E-state index contributed by atoms with van der Waals surface area (Å²) in [6.45, 7) is 3.71. The van der Waals surface area contributed by atoms with Crippen molar-refractivity contribution in [3.8, 4) is 5.75 Å². The summed E-state index contributed by atoms with van der Waals surface area (Å²) in [7, 11) is 0. The van der Waals surface area contributed by atoms with Crippen LogP contribution in [0.1, 0.15) is 17.5 Å². The number of ether oxygens (including phenoxy) is 1. The van der Waals surface area contributed by atoms with Gasteiger partial charge in [0.05, 0.1) is 11.6 Å². The molecule has 25 heavy (non-hydrogen) atoms. The molecule has 2 rings (SSSR count). The van der Waals surface area contributed by atoms with E-state index in [1.54, 1.807) is 6.07 Å². The Balaban J connectivity index is 1.56. The minimum absolute atomic E-state index is 0.158. The van der Waals surface area contributed by atoms with Crippen molar-refractivity contribution >= 4 is 33.6 Å². The molecule has 2 aromatic rings. The maximum absolute atomic E-state index is 11.7. The highest BCUT2D eigenvalue weighted by atomic mass is 79.9. The lowest BCUT2D eigenvalue weighted by Gasteiger charge is -2.10. The van der Waals surface area contributed by atoms with Gasteiger partial charge in [-0.3, -0.25) is 0 Å². The van der Waals surface area contributed by atoms with E-state index in [1.165, 1.54) is 11.1 Å². The average molecular weight is 426 g/mol. The van der Waals surface area contributed by atoms with Crippen molar-refractivity contribution in [2.24, 2.45) is 0 Å². The molecule has 0 spiro atoms. The Labute approximate surface area is 162 Å². The fourth-order valence-corrected chi connectivity index (χ4v) is 3.03. The number of hydrogen-bond acceptors (Lipinski definition) is 2. The number of benzene rings is 2. The van der Waals surface area contributed by atoms with E-state index in [4.69, 9.17) is 16.3 Å². The van der Waals surface area contributed by atoms with Crippen LogP contribution in [0.4, 0.5) is 4.79 Å². The molecule has 0 bridgehead atoms. The standard InChI is InChI=1S/C19H22BrClN2O2/c1-14-4-2-5-15(12-14)8-10-23-19(24)22-9-3-11-25-18-7-6-16(20)13-17(18)21/h2,4-7,12-13H,3,8-11H2,1H3,(H2,22,23,24). The highest BCUT2D eigenvalue weighted by Crippen LogP contribution is 2.27. The first-order valence-electron chi connectivity index (χ1n) is 8.19. The van der Waals surface area contributed by atoms with Crippen LogP contribution in [0.5, 0.6) is 5.75 Å². The molecule has 0 fully saturated rings. The van der Waals surface area contributed by atoms with Crippen molar-refractivity contribution in [3.05, 3.63) is 63.1 Å². The van der Waals surface area contributed by atoms with E-state index in [-0.39, 0.29) is 6.03 Å². The van der Waals surface area contributed by atoms with Gasteiger partial charge in [-0.15, -0.1) is 0 Å². The third-order valence-electron chi connectivity index (χ3n) is 3.54. The number of hydrogen-bond donors (Lipinski definition) is 2. The van der Waals surface area contributed by atoms with Gasteiger partial charge >= 0.3 is 6.03 Å². The van der Waals surface area contributed by atoms with Gasteiger partial charge in [0.15, 0.2) is 0 Å². The van der Waals surface area contributed by atoms with Gasteiger partial charge in [0.25, 0.3) is 0 Å². The van der Waals surface area contributed by atoms with Crippen molar-refractivity contribution in [2.45, 2.75) is 19.8 Å². The molecule has 0 aliphatic heterocycles. The molecule has 0 atom stereocenters.